The van der Waals surface area contributed by atoms with E-state index in [-0.39, 0.29) is 18.0 Å². The van der Waals surface area contributed by atoms with Gasteiger partial charge in [0.05, 0.1) is 4.92 Å². The van der Waals surface area contributed by atoms with Crippen LogP contribution in [0, 0.1) is 10.1 Å². The van der Waals surface area contributed by atoms with Gasteiger partial charge in [0, 0.05) is 18.5 Å². The maximum absolute atomic E-state index is 12.1. The minimum Gasteiger partial charge on any atom is -0.504 e. The van der Waals surface area contributed by atoms with Crippen LogP contribution in [0.15, 0.2) is 12.1 Å². The monoisotopic (exact) mass is 284 g/mol. The summed E-state index contributed by atoms with van der Waals surface area (Å²) in [6.07, 6.45) is -3.36. The summed E-state index contributed by atoms with van der Waals surface area (Å²) in [5.74, 6) is -1.68. The molecule has 0 fully saturated rings. The molecule has 1 atom stereocenters. The molecule has 0 spiro atoms. The molecule has 0 amide bonds. The summed E-state index contributed by atoms with van der Waals surface area (Å²) in [5.41, 5.74) is 4.58. The van der Waals surface area contributed by atoms with Crippen molar-refractivity contribution in [2.45, 2.75) is 18.9 Å². The third kappa shape index (κ3) is 3.67. The molecule has 0 aliphatic rings. The van der Waals surface area contributed by atoms with Gasteiger partial charge in [0.25, 0.3) is 0 Å². The molecule has 0 radical (unpaired) electrons. The van der Waals surface area contributed by atoms with E-state index in [9.17, 15) is 29.1 Å². The Morgan fingerprint density at radius 1 is 1.39 bits per heavy atom. The number of phenols is 2. The average molecular weight is 285 g/mol. The lowest BCUT2D eigenvalue weighted by Crippen LogP contribution is -2.14. The lowest BCUT2D eigenvalue weighted by Gasteiger charge is -2.12. The van der Waals surface area contributed by atoms with Gasteiger partial charge in [-0.3, -0.25) is 10.1 Å². The van der Waals surface area contributed by atoms with Crippen molar-refractivity contribution in [1.29, 1.82) is 0 Å². The van der Waals surface area contributed by atoms with E-state index in [0.29, 0.717) is 0 Å². The van der Waals surface area contributed by atoms with Crippen molar-refractivity contribution in [2.24, 2.45) is 5.73 Å². The van der Waals surface area contributed by atoms with Crippen molar-refractivity contribution in [3.8, 4) is 11.5 Å². The van der Waals surface area contributed by atoms with Crippen molar-refractivity contribution in [1.82, 2.24) is 0 Å². The molecule has 0 saturated carbocycles. The van der Waals surface area contributed by atoms with Gasteiger partial charge in [0.15, 0.2) is 5.75 Å². The Bertz CT molecular complexity index is 445. The molecule has 18 heavy (non-hydrogen) atoms. The zero-order valence-electron chi connectivity index (χ0n) is 8.92. The van der Waals surface area contributed by atoms with Crippen LogP contribution >= 0.6 is 12.4 Å². The zero-order chi connectivity index (χ0) is 13.2. The molecule has 0 heterocycles. The zero-order valence-corrected chi connectivity index (χ0v) is 9.73. The summed E-state index contributed by atoms with van der Waals surface area (Å²) in [6.45, 7) is 0. The number of alkyl halides is 2. The first-order valence-corrected chi connectivity index (χ1v) is 4.57. The number of nitro groups is 1. The number of halogens is 3. The number of hydrogen-bond donors (Lipinski definition) is 3. The molecule has 4 N–H and O–H groups in total. The highest BCUT2D eigenvalue weighted by Crippen LogP contribution is 2.38. The predicted molar refractivity (Wildman–Crippen MR) is 61.2 cm³/mol. The highest BCUT2D eigenvalue weighted by Gasteiger charge is 2.22. The predicted octanol–water partition coefficient (Wildman–Crippen LogP) is 2.08. The lowest BCUT2D eigenvalue weighted by molar-refractivity contribution is -0.386. The minimum absolute atomic E-state index is 0. The van der Waals surface area contributed by atoms with Gasteiger partial charge in [-0.05, 0) is 11.6 Å². The van der Waals surface area contributed by atoms with Crippen LogP contribution in [-0.2, 0) is 0 Å². The molecule has 9 heteroatoms. The van der Waals surface area contributed by atoms with E-state index in [1.807, 2.05) is 0 Å². The van der Waals surface area contributed by atoms with E-state index in [2.05, 4.69) is 0 Å². The molecule has 0 aliphatic carbocycles. The van der Waals surface area contributed by atoms with E-state index in [1.165, 1.54) is 0 Å². The molecule has 0 aromatic heterocycles. The summed E-state index contributed by atoms with van der Waals surface area (Å²) < 4.78 is 24.2. The largest absolute Gasteiger partial charge is 0.504 e. The number of rotatable bonds is 4. The van der Waals surface area contributed by atoms with Crippen molar-refractivity contribution < 1.29 is 23.9 Å². The Labute approximate surface area is 107 Å². The van der Waals surface area contributed by atoms with Gasteiger partial charge in [0.1, 0.15) is 0 Å². The number of hydrogen-bond acceptors (Lipinski definition) is 5. The fourth-order valence-corrected chi connectivity index (χ4v) is 1.31. The first-order valence-electron chi connectivity index (χ1n) is 4.57. The van der Waals surface area contributed by atoms with Crippen LogP contribution < -0.4 is 5.73 Å². The molecule has 0 saturated heterocycles. The Morgan fingerprint density at radius 2 is 1.94 bits per heavy atom. The minimum atomic E-state index is -2.67. The van der Waals surface area contributed by atoms with Gasteiger partial charge >= 0.3 is 5.69 Å². The van der Waals surface area contributed by atoms with E-state index in [1.54, 1.807) is 0 Å². The Balaban J connectivity index is 0.00000289. The second-order valence-corrected chi connectivity index (χ2v) is 3.40. The normalized spacial score (nSPS) is 12.0. The Morgan fingerprint density at radius 3 is 2.39 bits per heavy atom. The molecule has 1 aromatic rings. The second-order valence-electron chi connectivity index (χ2n) is 3.40. The molecule has 1 aromatic carbocycles. The number of aromatic hydroxyl groups is 2. The highest BCUT2D eigenvalue weighted by molar-refractivity contribution is 5.85. The molecular weight excluding hydrogens is 274 g/mol. The van der Waals surface area contributed by atoms with Gasteiger partial charge < -0.3 is 15.9 Å². The first kappa shape index (κ1) is 16.3. The quantitative estimate of drug-likeness (QED) is 0.445. The summed E-state index contributed by atoms with van der Waals surface area (Å²) in [4.78, 5) is 9.58. The Kier molecular flexibility index (Phi) is 5.73. The second kappa shape index (κ2) is 6.31. The van der Waals surface area contributed by atoms with Gasteiger partial charge in [-0.2, -0.15) is 0 Å². The van der Waals surface area contributed by atoms with E-state index in [4.69, 9.17) is 5.73 Å². The van der Waals surface area contributed by atoms with E-state index >= 15 is 0 Å². The maximum atomic E-state index is 12.1. The summed E-state index contributed by atoms with van der Waals surface area (Å²) >= 11 is 0. The number of nitro benzene ring substituents is 1. The van der Waals surface area contributed by atoms with Crippen molar-refractivity contribution in [3.05, 3.63) is 27.8 Å². The van der Waals surface area contributed by atoms with Crippen molar-refractivity contribution >= 4 is 18.1 Å². The lowest BCUT2D eigenvalue weighted by atomic mass is 10.0. The van der Waals surface area contributed by atoms with Crippen LogP contribution in [0.25, 0.3) is 0 Å². The third-order valence-electron chi connectivity index (χ3n) is 2.15. The smallest absolute Gasteiger partial charge is 0.314 e. The summed E-state index contributed by atoms with van der Waals surface area (Å²) in [6, 6.07) is 0.637. The summed E-state index contributed by atoms with van der Waals surface area (Å²) in [7, 11) is 0. The fraction of sp³-hybridized carbons (Fsp3) is 0.333. The first-order chi connectivity index (χ1) is 7.82. The maximum Gasteiger partial charge on any atom is 0.314 e. The molecule has 102 valence electrons. The molecule has 1 rings (SSSR count). The average Bonchev–Trinajstić information content (AvgIpc) is 2.20. The topological polar surface area (TPSA) is 110 Å². The standard InChI is InChI=1S/C9H10F2N2O4.ClH/c10-8(11)3-5(12)4-1-6(13(16)17)9(15)7(14)2-4;/h1-2,5,8,14-15H,3,12H2;1H/t5-;/m0./s1. The van der Waals surface area contributed by atoms with Gasteiger partial charge in [-0.25, -0.2) is 8.78 Å². The number of nitrogens with two attached hydrogens (primary N) is 1. The molecule has 0 aliphatic heterocycles. The van der Waals surface area contributed by atoms with Gasteiger partial charge in [-0.1, -0.05) is 0 Å². The van der Waals surface area contributed by atoms with Crippen LogP contribution in [0.3, 0.4) is 0 Å². The van der Waals surface area contributed by atoms with Crippen LogP contribution in [-0.4, -0.2) is 21.6 Å². The van der Waals surface area contributed by atoms with E-state index in [0.717, 1.165) is 12.1 Å². The molecule has 6 nitrogen and oxygen atoms in total. The number of benzene rings is 1. The van der Waals surface area contributed by atoms with Gasteiger partial charge in [0.2, 0.25) is 12.2 Å². The molecule has 0 bridgehead atoms. The Hall–Kier alpha value is -1.67. The van der Waals surface area contributed by atoms with Crippen LogP contribution in [0.1, 0.15) is 18.0 Å². The third-order valence-corrected chi connectivity index (χ3v) is 2.15. The number of phenolic OH excluding ortho intramolecular Hbond substituents is 2. The van der Waals surface area contributed by atoms with Crippen LogP contribution in [0.5, 0.6) is 11.5 Å². The molecular formula is C9H11ClF2N2O4. The summed E-state index contributed by atoms with van der Waals surface area (Å²) in [5, 5.41) is 28.9. The van der Waals surface area contributed by atoms with Gasteiger partial charge in [-0.15, -0.1) is 12.4 Å². The number of nitrogens with zero attached hydrogens (tertiary/aromatic N) is 1. The van der Waals surface area contributed by atoms with Crippen molar-refractivity contribution in [3.63, 3.8) is 0 Å². The van der Waals surface area contributed by atoms with Crippen molar-refractivity contribution in [2.75, 3.05) is 0 Å². The SMILES string of the molecule is Cl.N[C@@H](CC(F)F)c1cc(O)c(O)c([N+](=O)[O-])c1. The van der Waals surface area contributed by atoms with Crippen LogP contribution in [0.4, 0.5) is 14.5 Å². The molecule has 0 unspecified atom stereocenters. The van der Waals surface area contributed by atoms with Crippen LogP contribution in [0.2, 0.25) is 0 Å². The van der Waals surface area contributed by atoms with E-state index < -0.39 is 41.0 Å². The highest BCUT2D eigenvalue weighted by atomic mass is 35.5. The fourth-order valence-electron chi connectivity index (χ4n) is 1.31.